The van der Waals surface area contributed by atoms with Gasteiger partial charge in [0, 0.05) is 0 Å². The van der Waals surface area contributed by atoms with Crippen LogP contribution in [0.2, 0.25) is 0 Å². The summed E-state index contributed by atoms with van der Waals surface area (Å²) in [5.41, 5.74) is 5.72. The molecule has 0 spiro atoms. The second-order valence-corrected chi connectivity index (χ2v) is 5.42. The van der Waals surface area contributed by atoms with Gasteiger partial charge in [0.1, 0.15) is 12.6 Å². The van der Waals surface area contributed by atoms with Gasteiger partial charge in [-0.1, -0.05) is 12.1 Å². The van der Waals surface area contributed by atoms with Gasteiger partial charge in [-0.05, 0) is 38.5 Å². The lowest BCUT2D eigenvalue weighted by Gasteiger charge is -2.25. The highest BCUT2D eigenvalue weighted by atomic mass is 16.5. The molecular weight excluding hydrogens is 260 g/mol. The van der Waals surface area contributed by atoms with E-state index in [1.807, 2.05) is 0 Å². The first-order valence-corrected chi connectivity index (χ1v) is 6.86. The zero-order valence-corrected chi connectivity index (χ0v) is 11.8. The van der Waals surface area contributed by atoms with Crippen molar-refractivity contribution in [3.05, 3.63) is 11.4 Å². The van der Waals surface area contributed by atoms with Gasteiger partial charge in [0.15, 0.2) is 5.69 Å². The van der Waals surface area contributed by atoms with Crippen molar-refractivity contribution in [2.75, 3.05) is 0 Å². The van der Waals surface area contributed by atoms with E-state index in [-0.39, 0.29) is 24.3 Å². The van der Waals surface area contributed by atoms with Crippen LogP contribution < -0.4 is 5.73 Å². The van der Waals surface area contributed by atoms with Crippen molar-refractivity contribution in [1.29, 1.82) is 0 Å². The Kier molecular flexibility index (Phi) is 4.36. The average molecular weight is 280 g/mol. The highest BCUT2D eigenvalue weighted by Gasteiger charge is 2.22. The molecule has 1 heterocycles. The second-order valence-electron chi connectivity index (χ2n) is 5.42. The number of carbonyl (C=O) groups is 2. The number of hydrogen-bond donors (Lipinski definition) is 1. The molecule has 1 aliphatic rings. The Hall–Kier alpha value is -1.92. The first kappa shape index (κ1) is 14.5. The van der Waals surface area contributed by atoms with Gasteiger partial charge in [0.25, 0.3) is 5.91 Å². The minimum atomic E-state index is -0.650. The standard InChI is InChI=1S/C13H20N4O3/c1-8-3-5-10(6-4-8)20-11(18)7-17-9(2)12(13(14)19)15-16-17/h8,10H,3-7H2,1-2H3,(H2,14,19). The third-order valence-corrected chi connectivity index (χ3v) is 3.76. The normalized spacial score (nSPS) is 22.5. The third-order valence-electron chi connectivity index (χ3n) is 3.76. The summed E-state index contributed by atoms with van der Waals surface area (Å²) in [6, 6.07) is 0. The summed E-state index contributed by atoms with van der Waals surface area (Å²) in [7, 11) is 0. The summed E-state index contributed by atoms with van der Waals surface area (Å²) >= 11 is 0. The molecule has 2 N–H and O–H groups in total. The van der Waals surface area contributed by atoms with Crippen LogP contribution in [-0.2, 0) is 16.1 Å². The number of aromatic nitrogens is 3. The molecule has 0 aliphatic heterocycles. The fourth-order valence-corrected chi connectivity index (χ4v) is 2.43. The molecule has 1 aliphatic carbocycles. The Bertz CT molecular complexity index is 504. The Morgan fingerprint density at radius 1 is 1.35 bits per heavy atom. The van der Waals surface area contributed by atoms with Crippen molar-refractivity contribution in [1.82, 2.24) is 15.0 Å². The molecule has 7 nitrogen and oxygen atoms in total. The van der Waals surface area contributed by atoms with Gasteiger partial charge in [-0.3, -0.25) is 9.59 Å². The van der Waals surface area contributed by atoms with Crippen molar-refractivity contribution in [3.8, 4) is 0 Å². The molecule has 0 bridgehead atoms. The summed E-state index contributed by atoms with van der Waals surface area (Å²) in [6.45, 7) is 3.82. The molecular formula is C13H20N4O3. The number of primary amides is 1. The number of ether oxygens (including phenoxy) is 1. The van der Waals surface area contributed by atoms with E-state index >= 15 is 0 Å². The van der Waals surface area contributed by atoms with Crippen LogP contribution in [0.3, 0.4) is 0 Å². The van der Waals surface area contributed by atoms with Crippen LogP contribution in [0.4, 0.5) is 0 Å². The zero-order chi connectivity index (χ0) is 14.7. The summed E-state index contributed by atoms with van der Waals surface area (Å²) in [5.74, 6) is -0.294. The van der Waals surface area contributed by atoms with Crippen molar-refractivity contribution < 1.29 is 14.3 Å². The Morgan fingerprint density at radius 2 is 2.00 bits per heavy atom. The maximum Gasteiger partial charge on any atom is 0.328 e. The number of amides is 1. The van der Waals surface area contributed by atoms with Crippen LogP contribution in [0.5, 0.6) is 0 Å². The van der Waals surface area contributed by atoms with Gasteiger partial charge >= 0.3 is 5.97 Å². The van der Waals surface area contributed by atoms with Gasteiger partial charge in [-0.25, -0.2) is 4.68 Å². The van der Waals surface area contributed by atoms with E-state index in [1.165, 1.54) is 4.68 Å². The van der Waals surface area contributed by atoms with Crippen LogP contribution in [-0.4, -0.2) is 33.0 Å². The molecule has 1 amide bonds. The molecule has 0 unspecified atom stereocenters. The van der Waals surface area contributed by atoms with Crippen molar-refractivity contribution in [2.24, 2.45) is 11.7 Å². The van der Waals surface area contributed by atoms with E-state index in [0.29, 0.717) is 11.6 Å². The van der Waals surface area contributed by atoms with E-state index in [4.69, 9.17) is 10.5 Å². The lowest BCUT2D eigenvalue weighted by atomic mass is 9.89. The predicted molar refractivity (Wildman–Crippen MR) is 70.8 cm³/mol. The molecule has 2 rings (SSSR count). The summed E-state index contributed by atoms with van der Waals surface area (Å²) in [4.78, 5) is 22.9. The topological polar surface area (TPSA) is 100 Å². The van der Waals surface area contributed by atoms with E-state index in [9.17, 15) is 9.59 Å². The van der Waals surface area contributed by atoms with Crippen LogP contribution in [0, 0.1) is 12.8 Å². The Morgan fingerprint density at radius 3 is 2.55 bits per heavy atom. The molecule has 0 saturated heterocycles. The van der Waals surface area contributed by atoms with E-state index in [1.54, 1.807) is 6.92 Å². The van der Waals surface area contributed by atoms with Crippen LogP contribution in [0.25, 0.3) is 0 Å². The van der Waals surface area contributed by atoms with E-state index < -0.39 is 5.91 Å². The number of rotatable bonds is 4. The molecule has 1 aromatic rings. The maximum absolute atomic E-state index is 11.9. The highest BCUT2D eigenvalue weighted by Crippen LogP contribution is 2.25. The molecule has 1 saturated carbocycles. The van der Waals surface area contributed by atoms with Gasteiger partial charge in [-0.2, -0.15) is 0 Å². The molecule has 7 heteroatoms. The molecule has 0 aromatic carbocycles. The number of esters is 1. The zero-order valence-electron chi connectivity index (χ0n) is 11.8. The lowest BCUT2D eigenvalue weighted by molar-refractivity contribution is -0.151. The second kappa shape index (κ2) is 6.02. The maximum atomic E-state index is 11.9. The molecule has 1 fully saturated rings. The Labute approximate surface area is 117 Å². The molecule has 20 heavy (non-hydrogen) atoms. The number of nitrogens with zero attached hydrogens (tertiary/aromatic N) is 3. The minimum Gasteiger partial charge on any atom is -0.461 e. The molecule has 110 valence electrons. The fourth-order valence-electron chi connectivity index (χ4n) is 2.43. The number of hydrogen-bond acceptors (Lipinski definition) is 5. The summed E-state index contributed by atoms with van der Waals surface area (Å²) in [5, 5.41) is 7.40. The third kappa shape index (κ3) is 3.34. The first-order chi connectivity index (χ1) is 9.47. The highest BCUT2D eigenvalue weighted by molar-refractivity contribution is 5.91. The largest absolute Gasteiger partial charge is 0.461 e. The summed E-state index contributed by atoms with van der Waals surface area (Å²) < 4.78 is 6.77. The Balaban J connectivity index is 1.90. The first-order valence-electron chi connectivity index (χ1n) is 6.86. The monoisotopic (exact) mass is 280 g/mol. The van der Waals surface area contributed by atoms with Gasteiger partial charge in [0.05, 0.1) is 5.69 Å². The SMILES string of the molecule is Cc1c(C(N)=O)nnn1CC(=O)OC1CCC(C)CC1. The minimum absolute atomic E-state index is 0.00172. The van der Waals surface area contributed by atoms with Gasteiger partial charge in [-0.15, -0.1) is 5.10 Å². The van der Waals surface area contributed by atoms with Crippen LogP contribution in [0.15, 0.2) is 0 Å². The van der Waals surface area contributed by atoms with Gasteiger partial charge in [0.2, 0.25) is 0 Å². The molecule has 0 radical (unpaired) electrons. The molecule has 0 atom stereocenters. The van der Waals surface area contributed by atoms with Crippen molar-refractivity contribution >= 4 is 11.9 Å². The summed E-state index contributed by atoms with van der Waals surface area (Å²) in [6.07, 6.45) is 4.00. The van der Waals surface area contributed by atoms with Crippen LogP contribution in [0.1, 0.15) is 48.8 Å². The van der Waals surface area contributed by atoms with Crippen LogP contribution >= 0.6 is 0 Å². The number of carbonyl (C=O) groups excluding carboxylic acids is 2. The van der Waals surface area contributed by atoms with Crippen molar-refractivity contribution in [3.63, 3.8) is 0 Å². The van der Waals surface area contributed by atoms with E-state index in [0.717, 1.165) is 25.7 Å². The average Bonchev–Trinajstić information content (AvgIpc) is 2.74. The fraction of sp³-hybridized carbons (Fsp3) is 0.692. The molecule has 1 aromatic heterocycles. The number of nitrogens with two attached hydrogens (primary N) is 1. The van der Waals surface area contributed by atoms with E-state index in [2.05, 4.69) is 17.2 Å². The quantitative estimate of drug-likeness (QED) is 0.822. The van der Waals surface area contributed by atoms with Gasteiger partial charge < -0.3 is 10.5 Å². The lowest BCUT2D eigenvalue weighted by Crippen LogP contribution is -2.26. The predicted octanol–water partition coefficient (Wildman–Crippen LogP) is 0.807. The smallest absolute Gasteiger partial charge is 0.328 e. The van der Waals surface area contributed by atoms with Crippen molar-refractivity contribution in [2.45, 2.75) is 52.2 Å².